The molecular weight excluding hydrogens is 204 g/mol. The van der Waals surface area contributed by atoms with Crippen molar-refractivity contribution in [3.8, 4) is 5.75 Å². The van der Waals surface area contributed by atoms with Crippen LogP contribution in [-0.2, 0) is 6.42 Å². The molecular formula is C12H18N2O2. The van der Waals surface area contributed by atoms with Crippen LogP contribution in [0.4, 0.5) is 4.79 Å². The first-order valence-electron chi connectivity index (χ1n) is 5.51. The van der Waals surface area contributed by atoms with Gasteiger partial charge in [-0.1, -0.05) is 19.1 Å². The molecule has 0 fully saturated rings. The summed E-state index contributed by atoms with van der Waals surface area (Å²) in [6.45, 7) is 3.24. The highest BCUT2D eigenvalue weighted by molar-refractivity contribution is 5.70. The SMILES string of the molecule is CCCNC(=O)Oc1ccc(CCN)cc1. The highest BCUT2D eigenvalue weighted by atomic mass is 16.5. The van der Waals surface area contributed by atoms with Gasteiger partial charge in [0.2, 0.25) is 0 Å². The van der Waals surface area contributed by atoms with E-state index in [0.717, 1.165) is 18.4 Å². The number of nitrogens with one attached hydrogen (secondary N) is 1. The number of hydrogen-bond donors (Lipinski definition) is 2. The standard InChI is InChI=1S/C12H18N2O2/c1-2-9-14-12(15)16-11-5-3-10(4-6-11)7-8-13/h3-6H,2,7-9,13H2,1H3,(H,14,15). The van der Waals surface area contributed by atoms with Crippen LogP contribution < -0.4 is 15.8 Å². The summed E-state index contributed by atoms with van der Waals surface area (Å²) in [6, 6.07) is 7.37. The van der Waals surface area contributed by atoms with Crippen LogP contribution in [0.15, 0.2) is 24.3 Å². The maximum Gasteiger partial charge on any atom is 0.412 e. The first-order chi connectivity index (χ1) is 7.76. The molecule has 4 nitrogen and oxygen atoms in total. The molecule has 1 amide bonds. The van der Waals surface area contributed by atoms with Gasteiger partial charge < -0.3 is 15.8 Å². The monoisotopic (exact) mass is 222 g/mol. The van der Waals surface area contributed by atoms with Gasteiger partial charge in [-0.3, -0.25) is 0 Å². The quantitative estimate of drug-likeness (QED) is 0.796. The Morgan fingerprint density at radius 1 is 1.38 bits per heavy atom. The first kappa shape index (κ1) is 12.5. The topological polar surface area (TPSA) is 64.3 Å². The lowest BCUT2D eigenvalue weighted by molar-refractivity contribution is 0.200. The summed E-state index contributed by atoms with van der Waals surface area (Å²) >= 11 is 0. The van der Waals surface area contributed by atoms with E-state index in [1.807, 2.05) is 19.1 Å². The second-order valence-corrected chi connectivity index (χ2v) is 3.50. The molecule has 0 aliphatic rings. The third-order valence-corrected chi connectivity index (χ3v) is 2.09. The molecule has 3 N–H and O–H groups in total. The molecule has 0 atom stereocenters. The fraction of sp³-hybridized carbons (Fsp3) is 0.417. The minimum absolute atomic E-state index is 0.409. The van der Waals surface area contributed by atoms with E-state index in [2.05, 4.69) is 5.32 Å². The van der Waals surface area contributed by atoms with Crippen LogP contribution in [0.1, 0.15) is 18.9 Å². The van der Waals surface area contributed by atoms with Gasteiger partial charge in [0, 0.05) is 6.54 Å². The van der Waals surface area contributed by atoms with Crippen LogP contribution in [0, 0.1) is 0 Å². The number of benzene rings is 1. The zero-order chi connectivity index (χ0) is 11.8. The van der Waals surface area contributed by atoms with E-state index in [1.54, 1.807) is 12.1 Å². The van der Waals surface area contributed by atoms with E-state index in [0.29, 0.717) is 18.8 Å². The number of nitrogens with two attached hydrogens (primary N) is 1. The van der Waals surface area contributed by atoms with E-state index in [4.69, 9.17) is 10.5 Å². The minimum Gasteiger partial charge on any atom is -0.410 e. The zero-order valence-electron chi connectivity index (χ0n) is 9.53. The third kappa shape index (κ3) is 4.31. The minimum atomic E-state index is -0.409. The van der Waals surface area contributed by atoms with Crippen molar-refractivity contribution in [1.29, 1.82) is 0 Å². The van der Waals surface area contributed by atoms with Crippen molar-refractivity contribution in [2.24, 2.45) is 5.73 Å². The lowest BCUT2D eigenvalue weighted by atomic mass is 10.1. The third-order valence-electron chi connectivity index (χ3n) is 2.09. The Kier molecular flexibility index (Phi) is 5.36. The van der Waals surface area contributed by atoms with Gasteiger partial charge >= 0.3 is 6.09 Å². The average Bonchev–Trinajstić information content (AvgIpc) is 2.29. The molecule has 0 radical (unpaired) electrons. The van der Waals surface area contributed by atoms with Crippen molar-refractivity contribution in [2.75, 3.05) is 13.1 Å². The van der Waals surface area contributed by atoms with Gasteiger partial charge in [-0.2, -0.15) is 0 Å². The van der Waals surface area contributed by atoms with Crippen LogP contribution >= 0.6 is 0 Å². The lowest BCUT2D eigenvalue weighted by Gasteiger charge is -2.06. The molecule has 0 aliphatic heterocycles. The van der Waals surface area contributed by atoms with Gasteiger partial charge in [0.1, 0.15) is 5.75 Å². The van der Waals surface area contributed by atoms with E-state index in [1.165, 1.54) is 0 Å². The highest BCUT2D eigenvalue weighted by Crippen LogP contribution is 2.12. The van der Waals surface area contributed by atoms with Gasteiger partial charge in [0.15, 0.2) is 0 Å². The number of hydrogen-bond acceptors (Lipinski definition) is 3. The largest absolute Gasteiger partial charge is 0.412 e. The Labute approximate surface area is 95.8 Å². The van der Waals surface area contributed by atoms with Crippen LogP contribution in [0.25, 0.3) is 0 Å². The van der Waals surface area contributed by atoms with E-state index in [-0.39, 0.29) is 0 Å². The molecule has 4 heteroatoms. The zero-order valence-corrected chi connectivity index (χ0v) is 9.53. The van der Waals surface area contributed by atoms with E-state index >= 15 is 0 Å². The lowest BCUT2D eigenvalue weighted by Crippen LogP contribution is -2.27. The van der Waals surface area contributed by atoms with Gasteiger partial charge in [0.25, 0.3) is 0 Å². The number of amides is 1. The maximum absolute atomic E-state index is 11.2. The van der Waals surface area contributed by atoms with Gasteiger partial charge in [0.05, 0.1) is 0 Å². The van der Waals surface area contributed by atoms with Crippen LogP contribution in [0.5, 0.6) is 5.75 Å². The van der Waals surface area contributed by atoms with Crippen LogP contribution in [0.3, 0.4) is 0 Å². The number of carbonyl (C=O) groups is 1. The Balaban J connectivity index is 2.45. The van der Waals surface area contributed by atoms with Gasteiger partial charge in [-0.15, -0.1) is 0 Å². The molecule has 0 bridgehead atoms. The molecule has 0 aliphatic carbocycles. The molecule has 1 rings (SSSR count). The Morgan fingerprint density at radius 3 is 2.62 bits per heavy atom. The van der Waals surface area contributed by atoms with Crippen molar-refractivity contribution < 1.29 is 9.53 Å². The smallest absolute Gasteiger partial charge is 0.410 e. The molecule has 0 spiro atoms. The number of rotatable bonds is 5. The second-order valence-electron chi connectivity index (χ2n) is 3.50. The molecule has 0 aromatic heterocycles. The average molecular weight is 222 g/mol. The molecule has 0 saturated heterocycles. The van der Waals surface area contributed by atoms with E-state index in [9.17, 15) is 4.79 Å². The number of ether oxygens (including phenoxy) is 1. The van der Waals surface area contributed by atoms with Crippen molar-refractivity contribution >= 4 is 6.09 Å². The summed E-state index contributed by atoms with van der Waals surface area (Å²) < 4.78 is 5.07. The Bertz CT molecular complexity index is 322. The summed E-state index contributed by atoms with van der Waals surface area (Å²) in [7, 11) is 0. The van der Waals surface area contributed by atoms with Crippen molar-refractivity contribution in [3.05, 3.63) is 29.8 Å². The van der Waals surface area contributed by atoms with Crippen molar-refractivity contribution in [3.63, 3.8) is 0 Å². The first-order valence-corrected chi connectivity index (χ1v) is 5.51. The molecule has 1 aromatic rings. The molecule has 16 heavy (non-hydrogen) atoms. The van der Waals surface area contributed by atoms with Gasteiger partial charge in [-0.05, 0) is 37.1 Å². The molecule has 0 unspecified atom stereocenters. The fourth-order valence-electron chi connectivity index (χ4n) is 1.26. The Hall–Kier alpha value is -1.55. The van der Waals surface area contributed by atoms with Crippen molar-refractivity contribution in [1.82, 2.24) is 5.32 Å². The summed E-state index contributed by atoms with van der Waals surface area (Å²) in [5.74, 6) is 0.550. The fourth-order valence-corrected chi connectivity index (χ4v) is 1.26. The number of carbonyl (C=O) groups excluding carboxylic acids is 1. The maximum atomic E-state index is 11.2. The van der Waals surface area contributed by atoms with Gasteiger partial charge in [-0.25, -0.2) is 4.79 Å². The van der Waals surface area contributed by atoms with Crippen LogP contribution in [0.2, 0.25) is 0 Å². The predicted molar refractivity (Wildman–Crippen MR) is 63.5 cm³/mol. The molecule has 0 saturated carbocycles. The summed E-state index contributed by atoms with van der Waals surface area (Å²) in [4.78, 5) is 11.2. The highest BCUT2D eigenvalue weighted by Gasteiger charge is 2.02. The van der Waals surface area contributed by atoms with Crippen molar-refractivity contribution in [2.45, 2.75) is 19.8 Å². The molecule has 88 valence electrons. The summed E-state index contributed by atoms with van der Waals surface area (Å²) in [5.41, 5.74) is 6.58. The Morgan fingerprint density at radius 2 is 2.06 bits per heavy atom. The normalized spacial score (nSPS) is 9.88. The summed E-state index contributed by atoms with van der Waals surface area (Å²) in [5, 5.41) is 2.64. The predicted octanol–water partition coefficient (Wildman–Crippen LogP) is 1.69. The van der Waals surface area contributed by atoms with E-state index < -0.39 is 6.09 Å². The molecule has 1 aromatic carbocycles. The second kappa shape index (κ2) is 6.85. The molecule has 0 heterocycles. The van der Waals surface area contributed by atoms with Crippen LogP contribution in [-0.4, -0.2) is 19.2 Å². The summed E-state index contributed by atoms with van der Waals surface area (Å²) in [6.07, 6.45) is 1.32.